The molecule has 0 bridgehead atoms. The Bertz CT molecular complexity index is 475. The van der Waals surface area contributed by atoms with Gasteiger partial charge < -0.3 is 14.6 Å². The third-order valence-electron chi connectivity index (χ3n) is 2.56. The molecule has 1 atom stereocenters. The third kappa shape index (κ3) is 2.02. The lowest BCUT2D eigenvalue weighted by Gasteiger charge is -2.23. The quantitative estimate of drug-likeness (QED) is 0.887. The van der Waals surface area contributed by atoms with Crippen LogP contribution >= 0.6 is 11.6 Å². The fourth-order valence-corrected chi connectivity index (χ4v) is 1.87. The number of fused-ring (bicyclic) bond motifs is 1. The summed E-state index contributed by atoms with van der Waals surface area (Å²) in [5.74, 6) is -2.56. The van der Waals surface area contributed by atoms with E-state index in [2.05, 4.69) is 0 Å². The standard InChI is InChI=1S/C11H10ClFO4/c1-5(11(14)15)8-9(13)6(12)4-7-10(8)17-3-2-16-7/h4-5H,2-3H2,1H3,(H,14,15). The molecule has 1 aliphatic rings. The number of hydrogen-bond acceptors (Lipinski definition) is 3. The van der Waals surface area contributed by atoms with Crippen molar-refractivity contribution in [2.24, 2.45) is 0 Å². The number of aliphatic carboxylic acids is 1. The molecule has 6 heteroatoms. The average Bonchev–Trinajstić information content (AvgIpc) is 2.30. The van der Waals surface area contributed by atoms with Gasteiger partial charge in [-0.25, -0.2) is 4.39 Å². The van der Waals surface area contributed by atoms with Gasteiger partial charge in [-0.2, -0.15) is 0 Å². The molecule has 1 unspecified atom stereocenters. The Morgan fingerprint density at radius 3 is 2.82 bits per heavy atom. The first-order valence-electron chi connectivity index (χ1n) is 5.02. The predicted octanol–water partition coefficient (Wildman–Crippen LogP) is 2.44. The Labute approximate surface area is 102 Å². The van der Waals surface area contributed by atoms with Gasteiger partial charge in [0.1, 0.15) is 19.0 Å². The number of halogens is 2. The number of hydrogen-bond donors (Lipinski definition) is 1. The van der Waals surface area contributed by atoms with Crippen LogP contribution in [0.3, 0.4) is 0 Å². The molecule has 0 amide bonds. The van der Waals surface area contributed by atoms with Crippen molar-refractivity contribution in [1.29, 1.82) is 0 Å². The summed E-state index contributed by atoms with van der Waals surface area (Å²) < 4.78 is 24.4. The fourth-order valence-electron chi connectivity index (χ4n) is 1.67. The van der Waals surface area contributed by atoms with Gasteiger partial charge in [0.25, 0.3) is 0 Å². The van der Waals surface area contributed by atoms with Gasteiger partial charge in [-0.1, -0.05) is 11.6 Å². The van der Waals surface area contributed by atoms with E-state index in [0.29, 0.717) is 6.61 Å². The van der Waals surface area contributed by atoms with E-state index in [4.69, 9.17) is 26.2 Å². The van der Waals surface area contributed by atoms with Crippen LogP contribution in [0.5, 0.6) is 11.5 Å². The van der Waals surface area contributed by atoms with E-state index in [0.717, 1.165) is 0 Å². The van der Waals surface area contributed by atoms with Crippen molar-refractivity contribution < 1.29 is 23.8 Å². The van der Waals surface area contributed by atoms with Crippen LogP contribution in [-0.2, 0) is 4.79 Å². The lowest BCUT2D eigenvalue weighted by Crippen LogP contribution is -2.20. The van der Waals surface area contributed by atoms with Crippen molar-refractivity contribution in [3.8, 4) is 11.5 Å². The molecule has 0 saturated carbocycles. The summed E-state index contributed by atoms with van der Waals surface area (Å²) in [4.78, 5) is 10.9. The van der Waals surface area contributed by atoms with Gasteiger partial charge in [-0.3, -0.25) is 4.79 Å². The summed E-state index contributed by atoms with van der Waals surface area (Å²) in [6, 6.07) is 1.30. The van der Waals surface area contributed by atoms with Gasteiger partial charge in [-0.05, 0) is 6.92 Å². The number of ether oxygens (including phenoxy) is 2. The monoisotopic (exact) mass is 260 g/mol. The highest BCUT2D eigenvalue weighted by molar-refractivity contribution is 6.31. The smallest absolute Gasteiger partial charge is 0.310 e. The normalized spacial score (nSPS) is 15.5. The van der Waals surface area contributed by atoms with Crippen LogP contribution in [0.1, 0.15) is 18.4 Å². The van der Waals surface area contributed by atoms with E-state index >= 15 is 0 Å². The maximum atomic E-state index is 13.9. The zero-order chi connectivity index (χ0) is 12.6. The minimum Gasteiger partial charge on any atom is -0.486 e. The molecule has 0 fully saturated rings. The maximum Gasteiger partial charge on any atom is 0.310 e. The second kappa shape index (κ2) is 4.41. The van der Waals surface area contributed by atoms with Crippen LogP contribution in [0.15, 0.2) is 6.07 Å². The number of carbonyl (C=O) groups is 1. The second-order valence-corrected chi connectivity index (χ2v) is 4.08. The highest BCUT2D eigenvalue weighted by atomic mass is 35.5. The second-order valence-electron chi connectivity index (χ2n) is 3.67. The molecule has 0 saturated heterocycles. The van der Waals surface area contributed by atoms with Gasteiger partial charge in [0.2, 0.25) is 0 Å². The van der Waals surface area contributed by atoms with Crippen molar-refractivity contribution in [3.05, 3.63) is 22.5 Å². The number of rotatable bonds is 2. The molecule has 92 valence electrons. The Hall–Kier alpha value is -1.49. The predicted molar refractivity (Wildman–Crippen MR) is 58.5 cm³/mol. The summed E-state index contributed by atoms with van der Waals surface area (Å²) >= 11 is 5.70. The Balaban J connectivity index is 2.62. The van der Waals surface area contributed by atoms with Gasteiger partial charge in [0, 0.05) is 11.6 Å². The minimum absolute atomic E-state index is 0.0697. The molecule has 1 aromatic carbocycles. The Morgan fingerprint density at radius 1 is 1.53 bits per heavy atom. The number of carboxylic acid groups (broad SMARTS) is 1. The molecule has 2 rings (SSSR count). The minimum atomic E-state index is -1.15. The Morgan fingerprint density at radius 2 is 2.18 bits per heavy atom. The molecule has 1 N–H and O–H groups in total. The molecular formula is C11H10ClFO4. The first-order chi connectivity index (χ1) is 8.02. The molecule has 1 aliphatic heterocycles. The maximum absolute atomic E-state index is 13.9. The lowest BCUT2D eigenvalue weighted by molar-refractivity contribution is -0.138. The number of carboxylic acids is 1. The van der Waals surface area contributed by atoms with Crippen LogP contribution in [0, 0.1) is 5.82 Å². The molecule has 4 nitrogen and oxygen atoms in total. The van der Waals surface area contributed by atoms with Crippen molar-refractivity contribution in [2.45, 2.75) is 12.8 Å². The largest absolute Gasteiger partial charge is 0.486 e. The molecule has 0 radical (unpaired) electrons. The van der Waals surface area contributed by atoms with Gasteiger partial charge in [0.15, 0.2) is 11.5 Å². The van der Waals surface area contributed by atoms with Crippen LogP contribution in [-0.4, -0.2) is 24.3 Å². The van der Waals surface area contributed by atoms with E-state index < -0.39 is 17.7 Å². The van der Waals surface area contributed by atoms with Gasteiger partial charge in [0.05, 0.1) is 10.9 Å². The van der Waals surface area contributed by atoms with Crippen molar-refractivity contribution in [1.82, 2.24) is 0 Å². The topological polar surface area (TPSA) is 55.8 Å². The van der Waals surface area contributed by atoms with Crippen LogP contribution in [0.2, 0.25) is 5.02 Å². The van der Waals surface area contributed by atoms with Crippen LogP contribution in [0.4, 0.5) is 4.39 Å². The Kier molecular flexibility index (Phi) is 3.11. The van der Waals surface area contributed by atoms with Crippen LogP contribution < -0.4 is 9.47 Å². The summed E-state index contributed by atoms with van der Waals surface area (Å²) in [6.07, 6.45) is 0. The first-order valence-corrected chi connectivity index (χ1v) is 5.40. The average molecular weight is 261 g/mol. The summed E-state index contributed by atoms with van der Waals surface area (Å²) in [6.45, 7) is 1.96. The molecule has 1 heterocycles. The van der Waals surface area contributed by atoms with Crippen molar-refractivity contribution >= 4 is 17.6 Å². The highest BCUT2D eigenvalue weighted by Gasteiger charge is 2.29. The molecule has 0 aromatic heterocycles. The highest BCUT2D eigenvalue weighted by Crippen LogP contribution is 2.42. The fraction of sp³-hybridized carbons (Fsp3) is 0.364. The SMILES string of the molecule is CC(C(=O)O)c1c(F)c(Cl)cc2c1OCCO2. The molecule has 0 aliphatic carbocycles. The third-order valence-corrected chi connectivity index (χ3v) is 2.84. The molecule has 17 heavy (non-hydrogen) atoms. The lowest BCUT2D eigenvalue weighted by atomic mass is 9.99. The molecule has 1 aromatic rings. The molecular weight excluding hydrogens is 251 g/mol. The van der Waals surface area contributed by atoms with Gasteiger partial charge >= 0.3 is 5.97 Å². The van der Waals surface area contributed by atoms with Gasteiger partial charge in [-0.15, -0.1) is 0 Å². The van der Waals surface area contributed by atoms with Crippen LogP contribution in [0.25, 0.3) is 0 Å². The van der Waals surface area contributed by atoms with E-state index in [1.807, 2.05) is 0 Å². The zero-order valence-electron chi connectivity index (χ0n) is 9.00. The molecule has 0 spiro atoms. The van der Waals surface area contributed by atoms with Crippen molar-refractivity contribution in [2.75, 3.05) is 13.2 Å². The first kappa shape index (κ1) is 12.0. The number of benzene rings is 1. The zero-order valence-corrected chi connectivity index (χ0v) is 9.75. The van der Waals surface area contributed by atoms with E-state index in [1.54, 1.807) is 0 Å². The van der Waals surface area contributed by atoms with E-state index in [9.17, 15) is 9.18 Å². The van der Waals surface area contributed by atoms with E-state index in [-0.39, 0.29) is 28.7 Å². The summed E-state index contributed by atoms with van der Waals surface area (Å²) in [5, 5.41) is 8.78. The summed E-state index contributed by atoms with van der Waals surface area (Å²) in [5.41, 5.74) is -0.0697. The van der Waals surface area contributed by atoms with Crippen molar-refractivity contribution in [3.63, 3.8) is 0 Å². The summed E-state index contributed by atoms with van der Waals surface area (Å²) in [7, 11) is 0. The van der Waals surface area contributed by atoms with E-state index in [1.165, 1.54) is 13.0 Å².